The van der Waals surface area contributed by atoms with E-state index in [0.717, 1.165) is 14.2 Å². The smallest absolute Gasteiger partial charge is 0.425 e. The van der Waals surface area contributed by atoms with Crippen LogP contribution in [0.15, 0.2) is 30.3 Å². The SMILES string of the molecule is CN(C)C(=O)[C@H]1CC[C@H]2[C@@H](C1)N(Cc1ccccc1)S(=O)(=O)N2C(=O)OC(C)(C)C.CN(C)C(=O)[C@H]1CC[C@H]2[C@@H](C1)NS(=O)(=O)N2C(=O)OC(C)(C)C. The summed E-state index contributed by atoms with van der Waals surface area (Å²) in [7, 11) is -1.24. The topological polar surface area (TPSA) is 183 Å². The number of fused-ring (bicyclic) bond motifs is 2. The molecule has 0 unspecified atom stereocenters. The Morgan fingerprint density at radius 2 is 1.17 bits per heavy atom. The van der Waals surface area contributed by atoms with Crippen LogP contribution in [0.5, 0.6) is 0 Å². The summed E-state index contributed by atoms with van der Waals surface area (Å²) in [6.45, 7) is 10.3. The van der Waals surface area contributed by atoms with Gasteiger partial charge < -0.3 is 19.3 Å². The Hall–Kier alpha value is -3.48. The molecule has 0 radical (unpaired) electrons. The van der Waals surface area contributed by atoms with Crippen LogP contribution >= 0.6 is 0 Å². The maximum Gasteiger partial charge on any atom is 0.425 e. The van der Waals surface area contributed by atoms with Gasteiger partial charge in [0.15, 0.2) is 0 Å². The van der Waals surface area contributed by atoms with Crippen molar-refractivity contribution in [3.63, 3.8) is 0 Å². The first-order valence-corrected chi connectivity index (χ1v) is 20.7. The summed E-state index contributed by atoms with van der Waals surface area (Å²) in [5.74, 6) is -0.527. The molecule has 5 rings (SSSR count). The molecule has 0 spiro atoms. The minimum Gasteiger partial charge on any atom is -0.443 e. The Bertz CT molecular complexity index is 1740. The van der Waals surface area contributed by atoms with Crippen LogP contribution in [0.1, 0.15) is 85.6 Å². The molecule has 2 aliphatic carbocycles. The molecule has 4 fully saturated rings. The van der Waals surface area contributed by atoms with Crippen LogP contribution < -0.4 is 4.72 Å². The van der Waals surface area contributed by atoms with Crippen LogP contribution in [0, 0.1) is 11.8 Å². The van der Waals surface area contributed by atoms with Gasteiger partial charge in [-0.25, -0.2) is 9.59 Å². The fourth-order valence-corrected chi connectivity index (χ4v) is 10.9. The fourth-order valence-electron chi connectivity index (χ4n) is 7.38. The Kier molecular flexibility index (Phi) is 12.5. The second-order valence-electron chi connectivity index (χ2n) is 16.5. The number of carbonyl (C=O) groups excluding carboxylic acids is 4. The van der Waals surface area contributed by atoms with Crippen LogP contribution in [0.4, 0.5) is 9.59 Å². The quantitative estimate of drug-likeness (QED) is 0.476. The van der Waals surface area contributed by atoms with E-state index in [4.69, 9.17) is 9.47 Å². The minimum absolute atomic E-state index is 0.0128. The zero-order valence-corrected chi connectivity index (χ0v) is 34.1. The third-order valence-corrected chi connectivity index (χ3v) is 13.0. The van der Waals surface area contributed by atoms with Crippen molar-refractivity contribution < 1.29 is 45.5 Å². The number of hydrogen-bond acceptors (Lipinski definition) is 10. The lowest BCUT2D eigenvalue weighted by atomic mass is 9.81. The van der Waals surface area contributed by atoms with Gasteiger partial charge in [-0.15, -0.1) is 0 Å². The summed E-state index contributed by atoms with van der Waals surface area (Å²) in [4.78, 5) is 52.9. The van der Waals surface area contributed by atoms with Gasteiger partial charge in [-0.3, -0.25) is 9.59 Å². The zero-order valence-electron chi connectivity index (χ0n) is 32.4. The van der Waals surface area contributed by atoms with Gasteiger partial charge >= 0.3 is 32.6 Å². The van der Waals surface area contributed by atoms with Crippen molar-refractivity contribution in [2.75, 3.05) is 28.2 Å². The summed E-state index contributed by atoms with van der Waals surface area (Å²) in [5.41, 5.74) is -0.762. The van der Waals surface area contributed by atoms with E-state index < -0.39 is 68.0 Å². The fraction of sp³-hybridized carbons (Fsp3) is 0.714. The zero-order chi connectivity index (χ0) is 39.8. The van der Waals surface area contributed by atoms with Crippen molar-refractivity contribution in [3.05, 3.63) is 35.9 Å². The van der Waals surface area contributed by atoms with E-state index in [-0.39, 0.29) is 30.2 Å². The van der Waals surface area contributed by atoms with Gasteiger partial charge in [0.25, 0.3) is 0 Å². The van der Waals surface area contributed by atoms with E-state index in [9.17, 15) is 36.0 Å². The normalized spacial score (nSPS) is 27.7. The lowest BCUT2D eigenvalue weighted by molar-refractivity contribution is -0.135. The van der Waals surface area contributed by atoms with Crippen molar-refractivity contribution in [2.24, 2.45) is 11.8 Å². The number of nitrogens with zero attached hydrogens (tertiary/aromatic N) is 5. The van der Waals surface area contributed by atoms with Gasteiger partial charge in [0, 0.05) is 58.7 Å². The maximum atomic E-state index is 13.5. The summed E-state index contributed by atoms with van der Waals surface area (Å²) in [6.07, 6.45) is 1.01. The molecule has 6 atom stereocenters. The predicted octanol–water partition coefficient (Wildman–Crippen LogP) is 3.31. The average Bonchev–Trinajstić information content (AvgIpc) is 3.43. The van der Waals surface area contributed by atoms with Crippen LogP contribution in [0.25, 0.3) is 0 Å². The van der Waals surface area contributed by atoms with Gasteiger partial charge in [-0.1, -0.05) is 30.3 Å². The second kappa shape index (κ2) is 15.7. The Labute approximate surface area is 314 Å². The predicted molar refractivity (Wildman–Crippen MR) is 196 cm³/mol. The molecule has 1 N–H and O–H groups in total. The molecule has 2 heterocycles. The summed E-state index contributed by atoms with van der Waals surface area (Å²) < 4.78 is 67.7. The largest absolute Gasteiger partial charge is 0.443 e. The van der Waals surface area contributed by atoms with Crippen molar-refractivity contribution >= 4 is 44.4 Å². The number of rotatable bonds is 4. The molecule has 0 bridgehead atoms. The molecule has 53 heavy (non-hydrogen) atoms. The van der Waals surface area contributed by atoms with Gasteiger partial charge in [0.05, 0.1) is 12.1 Å². The standard InChI is InChI=1S/C21H31N3O5S.C14H25N3O5S/c1-21(2,3)29-20(26)24-17-12-11-16(19(25)22(4)5)13-18(17)23(30(24,27)28)14-15-9-7-6-8-10-15;1-14(2,3)22-13(19)17-11-7-6-9(12(18)16(4)5)8-10(11)15-23(17,20)21/h6-10,16-18H,11-14H2,1-5H3;9-11,15H,6-8H2,1-5H3/t16-,17-,18+;9-,10+,11-/m00/s1. The summed E-state index contributed by atoms with van der Waals surface area (Å²) in [5, 5.41) is 0. The molecule has 0 aromatic heterocycles. The Balaban J connectivity index is 0.000000245. The van der Waals surface area contributed by atoms with Crippen LogP contribution in [-0.4, -0.2) is 127 Å². The number of benzene rings is 1. The first kappa shape index (κ1) is 42.3. The molecule has 1 aromatic rings. The lowest BCUT2D eigenvalue weighted by Gasteiger charge is -2.35. The summed E-state index contributed by atoms with van der Waals surface area (Å²) in [6, 6.07) is 7.31. The Morgan fingerprint density at radius 1 is 0.698 bits per heavy atom. The highest BCUT2D eigenvalue weighted by atomic mass is 32.2. The molecule has 2 saturated carbocycles. The maximum absolute atomic E-state index is 13.5. The minimum atomic E-state index is -4.08. The van der Waals surface area contributed by atoms with E-state index >= 15 is 0 Å². The number of hydrogen-bond donors (Lipinski definition) is 1. The monoisotopic (exact) mass is 784 g/mol. The second-order valence-corrected chi connectivity index (χ2v) is 19.8. The average molecular weight is 785 g/mol. The number of carbonyl (C=O) groups is 4. The number of nitrogens with one attached hydrogen (secondary N) is 1. The van der Waals surface area contributed by atoms with Crippen molar-refractivity contribution in [3.8, 4) is 0 Å². The molecule has 1 aromatic carbocycles. The van der Waals surface area contributed by atoms with Gasteiger partial charge in [-0.2, -0.15) is 34.5 Å². The molecular formula is C35H56N6O10S2. The van der Waals surface area contributed by atoms with Crippen LogP contribution in [-0.2, 0) is 46.0 Å². The molecular weight excluding hydrogens is 729 g/mol. The highest BCUT2D eigenvalue weighted by Gasteiger charge is 2.57. The summed E-state index contributed by atoms with van der Waals surface area (Å²) >= 11 is 0. The molecule has 2 saturated heterocycles. The molecule has 16 nitrogen and oxygen atoms in total. The van der Waals surface area contributed by atoms with E-state index in [1.165, 1.54) is 9.21 Å². The molecule has 2 aliphatic heterocycles. The van der Waals surface area contributed by atoms with Gasteiger partial charge in [0.1, 0.15) is 11.2 Å². The third-order valence-electron chi connectivity index (χ3n) is 9.58. The van der Waals surface area contributed by atoms with Crippen LogP contribution in [0.2, 0.25) is 0 Å². The first-order valence-electron chi connectivity index (χ1n) is 17.9. The van der Waals surface area contributed by atoms with Crippen LogP contribution in [0.3, 0.4) is 0 Å². The Morgan fingerprint density at radius 3 is 1.66 bits per heavy atom. The lowest BCUT2D eigenvalue weighted by Crippen LogP contribution is -2.47. The molecule has 18 heteroatoms. The van der Waals surface area contributed by atoms with Crippen molar-refractivity contribution in [2.45, 2.75) is 122 Å². The van der Waals surface area contributed by atoms with E-state index in [2.05, 4.69) is 4.72 Å². The molecule has 4 aliphatic rings. The highest BCUT2D eigenvalue weighted by Crippen LogP contribution is 2.42. The number of amides is 4. The highest BCUT2D eigenvalue weighted by molar-refractivity contribution is 7.88. The van der Waals surface area contributed by atoms with Crippen molar-refractivity contribution in [1.82, 2.24) is 27.4 Å². The molecule has 298 valence electrons. The number of ether oxygens (including phenoxy) is 2. The van der Waals surface area contributed by atoms with E-state index in [1.807, 2.05) is 30.3 Å². The van der Waals surface area contributed by atoms with Gasteiger partial charge in [0.2, 0.25) is 11.8 Å². The third kappa shape index (κ3) is 9.80. The first-order chi connectivity index (χ1) is 24.3. The van der Waals surface area contributed by atoms with E-state index in [1.54, 1.807) is 74.6 Å². The molecule has 4 amide bonds. The van der Waals surface area contributed by atoms with Gasteiger partial charge in [-0.05, 0) is 85.6 Å². The van der Waals surface area contributed by atoms with Crippen molar-refractivity contribution in [1.29, 1.82) is 0 Å². The van der Waals surface area contributed by atoms with E-state index in [0.29, 0.717) is 38.5 Å².